The van der Waals surface area contributed by atoms with Crippen LogP contribution in [0.15, 0.2) is 15.7 Å². The molecule has 0 aliphatic carbocycles. The second kappa shape index (κ2) is 6.78. The first-order valence-corrected chi connectivity index (χ1v) is 8.03. The van der Waals surface area contributed by atoms with Crippen molar-refractivity contribution < 1.29 is 4.74 Å². The summed E-state index contributed by atoms with van der Waals surface area (Å²) in [5, 5.41) is 6.64. The van der Waals surface area contributed by atoms with Gasteiger partial charge in [0.1, 0.15) is 0 Å². The van der Waals surface area contributed by atoms with Crippen LogP contribution in [-0.2, 0) is 4.74 Å². The van der Waals surface area contributed by atoms with Gasteiger partial charge in [0.15, 0.2) is 0 Å². The van der Waals surface area contributed by atoms with E-state index in [1.807, 2.05) is 23.1 Å². The van der Waals surface area contributed by atoms with Gasteiger partial charge in [-0.05, 0) is 42.8 Å². The predicted octanol–water partition coefficient (Wildman–Crippen LogP) is 3.69. The molecule has 2 heterocycles. The fraction of sp³-hybridized carbons (Fsp3) is 0.692. The number of fused-ring (bicyclic) bond motifs is 1. The number of unbranched alkanes of at least 4 members (excludes halogenated alkanes) is 1. The van der Waals surface area contributed by atoms with Gasteiger partial charge in [0.25, 0.3) is 0 Å². The molecule has 0 bridgehead atoms. The largest absolute Gasteiger partial charge is 0.385 e. The van der Waals surface area contributed by atoms with Crippen molar-refractivity contribution >= 4 is 23.1 Å². The van der Waals surface area contributed by atoms with E-state index in [0.717, 1.165) is 24.8 Å². The van der Waals surface area contributed by atoms with Crippen molar-refractivity contribution in [2.45, 2.75) is 41.7 Å². The summed E-state index contributed by atoms with van der Waals surface area (Å²) in [7, 11) is 1.77. The van der Waals surface area contributed by atoms with Crippen LogP contribution in [0.25, 0.3) is 0 Å². The molecular formula is C13H21NOS2. The summed E-state index contributed by atoms with van der Waals surface area (Å²) in [6.07, 6.45) is 3.60. The molecule has 0 saturated heterocycles. The molecule has 0 amide bonds. The van der Waals surface area contributed by atoms with Crippen LogP contribution in [0, 0.1) is 0 Å². The molecule has 2 rings (SSSR count). The molecule has 1 aromatic heterocycles. The Morgan fingerprint density at radius 2 is 2.35 bits per heavy atom. The van der Waals surface area contributed by atoms with E-state index in [1.54, 1.807) is 7.11 Å². The molecule has 0 spiro atoms. The van der Waals surface area contributed by atoms with E-state index < -0.39 is 0 Å². The normalized spacial score (nSPS) is 23.6. The summed E-state index contributed by atoms with van der Waals surface area (Å²) in [6, 6.07) is 2.85. The number of rotatable bonds is 6. The second-order valence-corrected chi connectivity index (χ2v) is 7.16. The summed E-state index contributed by atoms with van der Waals surface area (Å²) < 4.78 is 6.58. The zero-order valence-corrected chi connectivity index (χ0v) is 12.2. The van der Waals surface area contributed by atoms with E-state index in [1.165, 1.54) is 22.6 Å². The Kier molecular flexibility index (Phi) is 5.35. The summed E-state index contributed by atoms with van der Waals surface area (Å²) >= 11 is 3.91. The van der Waals surface area contributed by atoms with E-state index in [-0.39, 0.29) is 0 Å². The van der Waals surface area contributed by atoms with Crippen LogP contribution < -0.4 is 5.32 Å². The van der Waals surface area contributed by atoms with Crippen molar-refractivity contribution in [2.24, 2.45) is 0 Å². The fourth-order valence-electron chi connectivity index (χ4n) is 2.19. The van der Waals surface area contributed by atoms with E-state index >= 15 is 0 Å². The molecule has 96 valence electrons. The predicted molar refractivity (Wildman–Crippen MR) is 76.1 cm³/mol. The molecule has 1 N–H and O–H groups in total. The lowest BCUT2D eigenvalue weighted by atomic mass is 10.0. The highest BCUT2D eigenvalue weighted by Gasteiger charge is 2.25. The highest BCUT2D eigenvalue weighted by atomic mass is 32.2. The fourth-order valence-corrected chi connectivity index (χ4v) is 4.76. The number of thioether (sulfide) groups is 1. The first-order valence-electron chi connectivity index (χ1n) is 6.27. The average molecular weight is 271 g/mol. The molecule has 1 aliphatic heterocycles. The third-order valence-corrected chi connectivity index (χ3v) is 5.42. The van der Waals surface area contributed by atoms with Crippen molar-refractivity contribution in [3.63, 3.8) is 0 Å². The topological polar surface area (TPSA) is 21.3 Å². The molecule has 0 aromatic carbocycles. The highest BCUT2D eigenvalue weighted by Crippen LogP contribution is 2.43. The molecule has 17 heavy (non-hydrogen) atoms. The smallest absolute Gasteiger partial charge is 0.0649 e. The van der Waals surface area contributed by atoms with Crippen molar-refractivity contribution in [3.8, 4) is 0 Å². The lowest BCUT2D eigenvalue weighted by Gasteiger charge is -2.27. The van der Waals surface area contributed by atoms with Crippen LogP contribution in [0.5, 0.6) is 0 Å². The summed E-state index contributed by atoms with van der Waals surface area (Å²) in [6.45, 7) is 4.30. The van der Waals surface area contributed by atoms with Crippen molar-refractivity contribution in [3.05, 3.63) is 17.0 Å². The van der Waals surface area contributed by atoms with Crippen LogP contribution in [0.4, 0.5) is 0 Å². The first kappa shape index (κ1) is 13.4. The molecule has 0 fully saturated rings. The van der Waals surface area contributed by atoms with Crippen LogP contribution in [0.2, 0.25) is 0 Å². The third-order valence-electron chi connectivity index (χ3n) is 3.08. The quantitative estimate of drug-likeness (QED) is 0.797. The molecule has 1 aliphatic rings. The maximum absolute atomic E-state index is 5.07. The number of thiophene rings is 1. The minimum atomic E-state index is 0.565. The van der Waals surface area contributed by atoms with Gasteiger partial charge in [0.2, 0.25) is 0 Å². The van der Waals surface area contributed by atoms with E-state index in [2.05, 4.69) is 23.7 Å². The van der Waals surface area contributed by atoms with Crippen LogP contribution in [-0.4, -0.2) is 25.5 Å². The highest BCUT2D eigenvalue weighted by molar-refractivity contribution is 8.01. The number of ether oxygens (including phenoxy) is 1. The van der Waals surface area contributed by atoms with Crippen molar-refractivity contribution in [2.75, 3.05) is 20.3 Å². The molecule has 0 radical (unpaired) electrons. The second-order valence-electron chi connectivity index (χ2n) is 4.53. The number of methoxy groups -OCH3 is 1. The van der Waals surface area contributed by atoms with Gasteiger partial charge in [-0.2, -0.15) is 0 Å². The van der Waals surface area contributed by atoms with Crippen molar-refractivity contribution in [1.29, 1.82) is 0 Å². The van der Waals surface area contributed by atoms with Crippen LogP contribution >= 0.6 is 23.1 Å². The molecule has 4 heteroatoms. The zero-order valence-electron chi connectivity index (χ0n) is 10.6. The van der Waals surface area contributed by atoms with E-state index in [4.69, 9.17) is 4.74 Å². The molecular weight excluding hydrogens is 250 g/mol. The summed E-state index contributed by atoms with van der Waals surface area (Å²) in [5.74, 6) is 0. The Bertz CT molecular complexity index is 340. The van der Waals surface area contributed by atoms with Gasteiger partial charge >= 0.3 is 0 Å². The Labute approximate surface area is 112 Å². The minimum absolute atomic E-state index is 0.565. The van der Waals surface area contributed by atoms with Crippen molar-refractivity contribution in [1.82, 2.24) is 5.32 Å². The molecule has 1 aromatic rings. The molecule has 0 saturated carbocycles. The van der Waals surface area contributed by atoms with Crippen LogP contribution in [0.1, 0.15) is 37.8 Å². The lowest BCUT2D eigenvalue weighted by Crippen LogP contribution is -2.27. The molecule has 2 nitrogen and oxygen atoms in total. The van der Waals surface area contributed by atoms with Gasteiger partial charge in [0, 0.05) is 25.0 Å². The standard InChI is InChI=1S/C13H21NOS2/c1-10-9-12(14-6-3-4-7-15-2)11-5-8-16-13(11)17-10/h5,8,10,12,14H,3-4,6-7,9H2,1-2H3/t10-,12?/m0/s1. The lowest BCUT2D eigenvalue weighted by molar-refractivity contribution is 0.192. The number of hydrogen-bond donors (Lipinski definition) is 1. The Balaban J connectivity index is 1.81. The van der Waals surface area contributed by atoms with E-state index in [9.17, 15) is 0 Å². The molecule has 2 atom stereocenters. The van der Waals surface area contributed by atoms with Gasteiger partial charge in [-0.25, -0.2) is 0 Å². The van der Waals surface area contributed by atoms with E-state index in [0.29, 0.717) is 6.04 Å². The average Bonchev–Trinajstić information content (AvgIpc) is 2.76. The van der Waals surface area contributed by atoms with Gasteiger partial charge in [-0.1, -0.05) is 6.92 Å². The summed E-state index contributed by atoms with van der Waals surface area (Å²) in [5.41, 5.74) is 1.52. The van der Waals surface area contributed by atoms with Gasteiger partial charge < -0.3 is 10.1 Å². The van der Waals surface area contributed by atoms with Gasteiger partial charge in [-0.15, -0.1) is 23.1 Å². The van der Waals surface area contributed by atoms with Gasteiger partial charge in [-0.3, -0.25) is 0 Å². The Morgan fingerprint density at radius 1 is 1.47 bits per heavy atom. The number of nitrogens with one attached hydrogen (secondary N) is 1. The maximum Gasteiger partial charge on any atom is 0.0649 e. The zero-order chi connectivity index (χ0) is 12.1. The number of hydrogen-bond acceptors (Lipinski definition) is 4. The Hall–Kier alpha value is -0.0300. The third kappa shape index (κ3) is 3.71. The maximum atomic E-state index is 5.07. The SMILES string of the molecule is COCCCCNC1C[C@H](C)Sc2sccc21. The summed E-state index contributed by atoms with van der Waals surface area (Å²) in [4.78, 5) is 0. The monoisotopic (exact) mass is 271 g/mol. The first-order chi connectivity index (χ1) is 8.31. The Morgan fingerprint density at radius 3 is 3.18 bits per heavy atom. The minimum Gasteiger partial charge on any atom is -0.385 e. The van der Waals surface area contributed by atoms with Crippen LogP contribution in [0.3, 0.4) is 0 Å². The molecule has 1 unspecified atom stereocenters. The van der Waals surface area contributed by atoms with Gasteiger partial charge in [0.05, 0.1) is 4.21 Å².